The summed E-state index contributed by atoms with van der Waals surface area (Å²) in [6.07, 6.45) is 0.368. The van der Waals surface area contributed by atoms with Crippen LogP contribution < -0.4 is 5.32 Å². The van der Waals surface area contributed by atoms with E-state index in [9.17, 15) is 9.59 Å². The lowest BCUT2D eigenvalue weighted by Gasteiger charge is -2.14. The second-order valence-electron chi connectivity index (χ2n) is 5.39. The third-order valence-electron chi connectivity index (χ3n) is 3.84. The number of carbonyl (C=O) groups is 2. The van der Waals surface area contributed by atoms with Crippen LogP contribution in [0, 0.1) is 6.92 Å². The number of hydrogen-bond donors (Lipinski definition) is 1. The van der Waals surface area contributed by atoms with Crippen molar-refractivity contribution in [3.8, 4) is 0 Å². The van der Waals surface area contributed by atoms with Gasteiger partial charge in [-0.3, -0.25) is 9.59 Å². The van der Waals surface area contributed by atoms with Crippen LogP contribution in [0.25, 0.3) is 11.0 Å². The van der Waals surface area contributed by atoms with E-state index in [0.717, 1.165) is 11.1 Å². The molecule has 21 heavy (non-hydrogen) atoms. The van der Waals surface area contributed by atoms with Crippen LogP contribution in [0.1, 0.15) is 29.5 Å². The van der Waals surface area contributed by atoms with E-state index in [-0.39, 0.29) is 17.9 Å². The molecule has 110 valence electrons. The van der Waals surface area contributed by atoms with Gasteiger partial charge >= 0.3 is 0 Å². The summed E-state index contributed by atoms with van der Waals surface area (Å²) in [6, 6.07) is 7.28. The Balaban J connectivity index is 1.80. The largest absolute Gasteiger partial charge is 0.461 e. The van der Waals surface area contributed by atoms with Crippen molar-refractivity contribution in [2.75, 3.05) is 13.1 Å². The fourth-order valence-electron chi connectivity index (χ4n) is 2.81. The van der Waals surface area contributed by atoms with E-state index in [1.54, 1.807) is 11.0 Å². The number of nitrogens with one attached hydrogen (secondary N) is 1. The first-order valence-electron chi connectivity index (χ1n) is 7.16. The van der Waals surface area contributed by atoms with E-state index < -0.39 is 0 Å². The highest BCUT2D eigenvalue weighted by atomic mass is 16.3. The molecule has 0 saturated carbocycles. The van der Waals surface area contributed by atoms with Crippen LogP contribution >= 0.6 is 0 Å². The number of nitrogens with zero attached hydrogens (tertiary/aromatic N) is 1. The average molecular weight is 286 g/mol. The van der Waals surface area contributed by atoms with Gasteiger partial charge in [-0.1, -0.05) is 12.1 Å². The van der Waals surface area contributed by atoms with Crippen LogP contribution in [0.4, 0.5) is 0 Å². The van der Waals surface area contributed by atoms with Gasteiger partial charge in [0, 0.05) is 24.9 Å². The van der Waals surface area contributed by atoms with Crippen molar-refractivity contribution in [1.82, 2.24) is 10.2 Å². The lowest BCUT2D eigenvalue weighted by molar-refractivity contribution is -0.127. The molecule has 1 N–H and O–H groups in total. The van der Waals surface area contributed by atoms with Gasteiger partial charge in [-0.15, -0.1) is 0 Å². The molecule has 5 nitrogen and oxygen atoms in total. The van der Waals surface area contributed by atoms with Gasteiger partial charge in [0.25, 0.3) is 5.91 Å². The van der Waals surface area contributed by atoms with Crippen LogP contribution in [0.15, 0.2) is 28.7 Å². The van der Waals surface area contributed by atoms with Crippen molar-refractivity contribution in [1.29, 1.82) is 0 Å². The average Bonchev–Trinajstić information content (AvgIpc) is 2.99. The van der Waals surface area contributed by atoms with Crippen molar-refractivity contribution in [2.24, 2.45) is 0 Å². The lowest BCUT2D eigenvalue weighted by Crippen LogP contribution is -2.37. The molecule has 1 fully saturated rings. The van der Waals surface area contributed by atoms with Gasteiger partial charge < -0.3 is 14.6 Å². The third-order valence-corrected chi connectivity index (χ3v) is 3.84. The summed E-state index contributed by atoms with van der Waals surface area (Å²) in [5, 5.41) is 3.84. The Kier molecular flexibility index (Phi) is 3.41. The van der Waals surface area contributed by atoms with E-state index in [1.165, 1.54) is 0 Å². The number of para-hydroxylation sites is 1. The van der Waals surface area contributed by atoms with E-state index in [4.69, 9.17) is 4.42 Å². The fourth-order valence-corrected chi connectivity index (χ4v) is 2.81. The summed E-state index contributed by atoms with van der Waals surface area (Å²) in [6.45, 7) is 5.05. The molecule has 2 heterocycles. The van der Waals surface area contributed by atoms with Crippen molar-refractivity contribution >= 4 is 22.8 Å². The first-order chi connectivity index (χ1) is 10.1. The Morgan fingerprint density at radius 2 is 2.29 bits per heavy atom. The molecular weight excluding hydrogens is 268 g/mol. The van der Waals surface area contributed by atoms with Gasteiger partial charge in [-0.05, 0) is 26.0 Å². The van der Waals surface area contributed by atoms with Crippen LogP contribution in [-0.2, 0) is 4.79 Å². The Bertz CT molecular complexity index is 705. The molecule has 1 aromatic carbocycles. The van der Waals surface area contributed by atoms with E-state index in [2.05, 4.69) is 5.32 Å². The van der Waals surface area contributed by atoms with E-state index in [0.29, 0.717) is 30.7 Å². The lowest BCUT2D eigenvalue weighted by atomic mass is 10.1. The van der Waals surface area contributed by atoms with Gasteiger partial charge in [0.2, 0.25) is 5.91 Å². The summed E-state index contributed by atoms with van der Waals surface area (Å²) in [5.41, 5.74) is 1.12. The van der Waals surface area contributed by atoms with E-state index >= 15 is 0 Å². The van der Waals surface area contributed by atoms with Crippen molar-refractivity contribution < 1.29 is 14.0 Å². The number of aryl methyl sites for hydroxylation is 1. The molecule has 1 aliphatic rings. The zero-order chi connectivity index (χ0) is 15.0. The smallest absolute Gasteiger partial charge is 0.255 e. The summed E-state index contributed by atoms with van der Waals surface area (Å²) < 4.78 is 5.61. The quantitative estimate of drug-likeness (QED) is 0.939. The SMILES string of the molecule is CCN1C[C@H](NC(=O)c2cccc3cc(C)oc23)CC1=O. The molecule has 0 unspecified atom stereocenters. The standard InChI is InChI=1S/C16H18N2O3/c1-3-18-9-12(8-14(18)19)17-16(20)13-6-4-5-11-7-10(2)21-15(11)13/h4-7,12H,3,8-9H2,1-2H3,(H,17,20)/t12-/m1/s1. The Hall–Kier alpha value is -2.30. The van der Waals surface area contributed by atoms with Crippen molar-refractivity contribution in [2.45, 2.75) is 26.3 Å². The molecule has 2 amide bonds. The number of carbonyl (C=O) groups excluding carboxylic acids is 2. The summed E-state index contributed by atoms with van der Waals surface area (Å²) in [7, 11) is 0. The molecule has 0 spiro atoms. The molecule has 1 aliphatic heterocycles. The maximum atomic E-state index is 12.4. The summed E-state index contributed by atoms with van der Waals surface area (Å²) >= 11 is 0. The summed E-state index contributed by atoms with van der Waals surface area (Å²) in [4.78, 5) is 25.9. The van der Waals surface area contributed by atoms with Gasteiger partial charge in [0.1, 0.15) is 11.3 Å². The highest BCUT2D eigenvalue weighted by molar-refractivity contribution is 6.05. The molecule has 1 aromatic heterocycles. The molecule has 1 atom stereocenters. The number of likely N-dealkylation sites (N-methyl/N-ethyl adjacent to an activating group) is 1. The van der Waals surface area contributed by atoms with Crippen molar-refractivity contribution in [3.05, 3.63) is 35.6 Å². The van der Waals surface area contributed by atoms with Crippen LogP contribution in [0.5, 0.6) is 0 Å². The predicted octanol–water partition coefficient (Wildman–Crippen LogP) is 2.09. The third kappa shape index (κ3) is 2.51. The van der Waals surface area contributed by atoms with Crippen LogP contribution in [0.2, 0.25) is 0 Å². The number of furan rings is 1. The van der Waals surface area contributed by atoms with Crippen LogP contribution in [0.3, 0.4) is 0 Å². The number of hydrogen-bond acceptors (Lipinski definition) is 3. The fraction of sp³-hybridized carbons (Fsp3) is 0.375. The maximum absolute atomic E-state index is 12.4. The Morgan fingerprint density at radius 3 is 3.00 bits per heavy atom. The number of likely N-dealkylation sites (tertiary alicyclic amines) is 1. The normalized spacial score (nSPS) is 18.5. The number of rotatable bonds is 3. The second-order valence-corrected chi connectivity index (χ2v) is 5.39. The minimum Gasteiger partial charge on any atom is -0.461 e. The molecule has 0 bridgehead atoms. The van der Waals surface area contributed by atoms with Gasteiger partial charge in [0.05, 0.1) is 11.6 Å². The number of amides is 2. The molecule has 1 saturated heterocycles. The molecule has 0 radical (unpaired) electrons. The minimum atomic E-state index is -0.189. The van der Waals surface area contributed by atoms with Crippen LogP contribution in [-0.4, -0.2) is 35.8 Å². The monoisotopic (exact) mass is 286 g/mol. The maximum Gasteiger partial charge on any atom is 0.255 e. The zero-order valence-corrected chi connectivity index (χ0v) is 12.2. The Morgan fingerprint density at radius 1 is 1.48 bits per heavy atom. The van der Waals surface area contributed by atoms with Gasteiger partial charge in [-0.25, -0.2) is 0 Å². The molecular formula is C16H18N2O3. The Labute approximate surface area is 122 Å². The first kappa shape index (κ1) is 13.7. The topological polar surface area (TPSA) is 62.6 Å². The van der Waals surface area contributed by atoms with Crippen molar-refractivity contribution in [3.63, 3.8) is 0 Å². The molecule has 3 rings (SSSR count). The first-order valence-corrected chi connectivity index (χ1v) is 7.16. The minimum absolute atomic E-state index is 0.0925. The van der Waals surface area contributed by atoms with Gasteiger partial charge in [0.15, 0.2) is 0 Å². The van der Waals surface area contributed by atoms with Gasteiger partial charge in [-0.2, -0.15) is 0 Å². The van der Waals surface area contributed by atoms with E-state index in [1.807, 2.05) is 32.0 Å². The second kappa shape index (κ2) is 5.24. The highest BCUT2D eigenvalue weighted by Crippen LogP contribution is 2.23. The molecule has 0 aliphatic carbocycles. The number of fused-ring (bicyclic) bond motifs is 1. The zero-order valence-electron chi connectivity index (χ0n) is 12.2. The molecule has 5 heteroatoms. The molecule has 2 aromatic rings. The highest BCUT2D eigenvalue weighted by Gasteiger charge is 2.30. The summed E-state index contributed by atoms with van der Waals surface area (Å²) in [5.74, 6) is 0.680. The number of benzene rings is 1. The predicted molar refractivity (Wildman–Crippen MR) is 79.1 cm³/mol.